The molecule has 4 rings (SSSR count). The van der Waals surface area contributed by atoms with Crippen molar-refractivity contribution >= 4 is 29.7 Å². The molecule has 174 valence electrons. The number of benzene rings is 1. The van der Waals surface area contributed by atoms with Crippen LogP contribution in [0.2, 0.25) is 0 Å². The van der Waals surface area contributed by atoms with E-state index in [1.807, 2.05) is 23.6 Å². The normalized spacial score (nSPS) is 22.5. The topological polar surface area (TPSA) is 59.1 Å². The van der Waals surface area contributed by atoms with Crippen LogP contribution in [0.15, 0.2) is 29.8 Å². The predicted octanol–water partition coefficient (Wildman–Crippen LogP) is 3.70. The summed E-state index contributed by atoms with van der Waals surface area (Å²) in [7, 11) is 0. The van der Waals surface area contributed by atoms with Gasteiger partial charge >= 0.3 is 0 Å². The lowest BCUT2D eigenvalue weighted by molar-refractivity contribution is -0.175. The number of hydrogen-bond donors (Lipinski definition) is 0. The van der Waals surface area contributed by atoms with Gasteiger partial charge in [-0.05, 0) is 50.7 Å². The minimum Gasteiger partial charge on any atom is -0.351 e. The van der Waals surface area contributed by atoms with E-state index in [1.165, 1.54) is 16.7 Å². The largest absolute Gasteiger partial charge is 0.351 e. The summed E-state index contributed by atoms with van der Waals surface area (Å²) in [6, 6.07) is 7.93. The summed E-state index contributed by atoms with van der Waals surface area (Å²) >= 11 is 1.72. The van der Waals surface area contributed by atoms with E-state index in [4.69, 9.17) is 9.47 Å². The average Bonchev–Trinajstić information content (AvgIpc) is 3.55. The van der Waals surface area contributed by atoms with Crippen molar-refractivity contribution in [1.29, 1.82) is 0 Å². The molecule has 2 atom stereocenters. The Bertz CT molecular complexity index is 852. The van der Waals surface area contributed by atoms with Crippen LogP contribution in [0, 0.1) is 0 Å². The van der Waals surface area contributed by atoms with Crippen molar-refractivity contribution in [2.24, 2.45) is 0 Å². The van der Waals surface area contributed by atoms with Gasteiger partial charge in [-0.2, -0.15) is 0 Å². The molecule has 32 heavy (non-hydrogen) atoms. The Kier molecular flexibility index (Phi) is 7.92. The Labute approximate surface area is 195 Å². The third kappa shape index (κ3) is 5.05. The van der Waals surface area contributed by atoms with Gasteiger partial charge in [0.1, 0.15) is 6.04 Å². The number of ether oxygens (including phenoxy) is 2. The molecule has 0 bridgehead atoms. The molecule has 2 fully saturated rings. The smallest absolute Gasteiger partial charge is 0.246 e. The van der Waals surface area contributed by atoms with E-state index < -0.39 is 6.29 Å². The highest BCUT2D eigenvalue weighted by Gasteiger charge is 2.43. The van der Waals surface area contributed by atoms with E-state index in [2.05, 4.69) is 30.3 Å². The van der Waals surface area contributed by atoms with Crippen LogP contribution in [0.25, 0.3) is 6.08 Å². The summed E-state index contributed by atoms with van der Waals surface area (Å²) in [6.45, 7) is 5.63. The van der Waals surface area contributed by atoms with Crippen LogP contribution < -0.4 is 0 Å². The van der Waals surface area contributed by atoms with E-state index in [0.29, 0.717) is 32.1 Å². The molecule has 1 aliphatic carbocycles. The maximum Gasteiger partial charge on any atom is 0.246 e. The van der Waals surface area contributed by atoms with Crippen LogP contribution in [-0.2, 0) is 25.5 Å². The summed E-state index contributed by atoms with van der Waals surface area (Å²) in [6.07, 6.45) is 5.55. The van der Waals surface area contributed by atoms with Crippen molar-refractivity contribution in [2.45, 2.75) is 64.3 Å². The number of nitrogens with zero attached hydrogens (tertiary/aromatic N) is 2. The molecule has 2 saturated heterocycles. The highest BCUT2D eigenvalue weighted by atomic mass is 32.2. The Balaban J connectivity index is 1.36. The lowest BCUT2D eigenvalue weighted by Gasteiger charge is -2.34. The maximum absolute atomic E-state index is 13.5. The third-order valence-corrected chi connectivity index (χ3v) is 7.57. The van der Waals surface area contributed by atoms with Gasteiger partial charge in [-0.25, -0.2) is 0 Å². The molecule has 0 N–H and O–H groups in total. The summed E-state index contributed by atoms with van der Waals surface area (Å²) in [5, 5.41) is 0. The number of carbonyl (C=O) groups is 2. The second-order valence-electron chi connectivity index (χ2n) is 8.58. The molecule has 2 heterocycles. The van der Waals surface area contributed by atoms with E-state index in [-0.39, 0.29) is 23.9 Å². The van der Waals surface area contributed by atoms with Gasteiger partial charge in [-0.3, -0.25) is 9.59 Å². The Hall–Kier alpha value is -1.83. The minimum atomic E-state index is -0.412. The fraction of sp³-hybridized carbons (Fsp3) is 0.600. The quantitative estimate of drug-likeness (QED) is 0.528. The molecular formula is C25H34N2O4S. The monoisotopic (exact) mass is 458 g/mol. The molecule has 0 spiro atoms. The van der Waals surface area contributed by atoms with Gasteiger partial charge in [0.15, 0.2) is 6.29 Å². The standard InChI is InChI=1S/C25H34N2O4S/c1-3-30-25(31-4-2)22-16-32-17-27(22)24(29)21-10-7-13-26(21)23(28)12-11-18-14-19-8-5-6-9-20(19)15-18/h5-6,8-9,14,21-22,25H,3-4,7,10-13,15-17H2,1-2H3/t21-,22-/m0/s1. The number of allylic oxidation sites excluding steroid dienone is 1. The first-order chi connectivity index (χ1) is 15.6. The second-order valence-corrected chi connectivity index (χ2v) is 9.58. The molecule has 2 aliphatic heterocycles. The van der Waals surface area contributed by atoms with Gasteiger partial charge < -0.3 is 19.3 Å². The predicted molar refractivity (Wildman–Crippen MR) is 127 cm³/mol. The fourth-order valence-corrected chi connectivity index (χ4v) is 6.14. The zero-order chi connectivity index (χ0) is 22.5. The van der Waals surface area contributed by atoms with Gasteiger partial charge in [0.05, 0.1) is 11.9 Å². The molecule has 0 saturated carbocycles. The number of likely N-dealkylation sites (tertiary alicyclic amines) is 1. The van der Waals surface area contributed by atoms with E-state index in [1.54, 1.807) is 11.8 Å². The Morgan fingerprint density at radius 3 is 2.69 bits per heavy atom. The van der Waals surface area contributed by atoms with Crippen molar-refractivity contribution in [1.82, 2.24) is 9.80 Å². The first-order valence-electron chi connectivity index (χ1n) is 11.8. The molecule has 0 radical (unpaired) electrons. The molecule has 1 aromatic rings. The molecular weight excluding hydrogens is 424 g/mol. The maximum atomic E-state index is 13.5. The third-order valence-electron chi connectivity index (χ3n) is 6.53. The van der Waals surface area contributed by atoms with Crippen molar-refractivity contribution in [3.8, 4) is 0 Å². The number of thioether (sulfide) groups is 1. The summed E-state index contributed by atoms with van der Waals surface area (Å²) in [4.78, 5) is 30.3. The van der Waals surface area contributed by atoms with E-state index in [9.17, 15) is 9.59 Å². The van der Waals surface area contributed by atoms with Crippen molar-refractivity contribution in [3.05, 3.63) is 41.0 Å². The zero-order valence-electron chi connectivity index (χ0n) is 19.1. The van der Waals surface area contributed by atoms with Crippen LogP contribution in [0.5, 0.6) is 0 Å². The van der Waals surface area contributed by atoms with Gasteiger partial charge in [0.25, 0.3) is 0 Å². The lowest BCUT2D eigenvalue weighted by atomic mass is 10.1. The van der Waals surface area contributed by atoms with Crippen LogP contribution in [0.1, 0.15) is 50.7 Å². The number of hydrogen-bond acceptors (Lipinski definition) is 5. The first-order valence-corrected chi connectivity index (χ1v) is 13.0. The number of carbonyl (C=O) groups excluding carboxylic acids is 2. The molecule has 0 aromatic heterocycles. The van der Waals surface area contributed by atoms with Crippen LogP contribution in [0.3, 0.4) is 0 Å². The SMILES string of the molecule is CCOC(OCC)[C@@H]1CSCN1C(=O)[C@@H]1CCCN1C(=O)CCC1=Cc2ccccc2C1. The molecule has 2 amide bonds. The van der Waals surface area contributed by atoms with Crippen molar-refractivity contribution < 1.29 is 19.1 Å². The second kappa shape index (κ2) is 10.9. The lowest BCUT2D eigenvalue weighted by Crippen LogP contribution is -2.53. The highest BCUT2D eigenvalue weighted by Crippen LogP contribution is 2.31. The number of fused-ring (bicyclic) bond motifs is 1. The molecule has 1 aromatic carbocycles. The number of amides is 2. The molecule has 0 unspecified atom stereocenters. The fourth-order valence-electron chi connectivity index (χ4n) is 4.95. The molecule has 7 heteroatoms. The summed E-state index contributed by atoms with van der Waals surface area (Å²) in [5.74, 6) is 1.56. The van der Waals surface area contributed by atoms with Gasteiger partial charge in [-0.1, -0.05) is 35.9 Å². The van der Waals surface area contributed by atoms with Gasteiger partial charge in [0.2, 0.25) is 11.8 Å². The molecule has 6 nitrogen and oxygen atoms in total. The van der Waals surface area contributed by atoms with E-state index >= 15 is 0 Å². The molecule has 3 aliphatic rings. The first kappa shape index (κ1) is 23.3. The summed E-state index contributed by atoms with van der Waals surface area (Å²) in [5.41, 5.74) is 3.90. The van der Waals surface area contributed by atoms with Gasteiger partial charge in [-0.15, -0.1) is 11.8 Å². The van der Waals surface area contributed by atoms with Crippen LogP contribution in [-0.4, -0.2) is 71.4 Å². The van der Waals surface area contributed by atoms with Gasteiger partial charge in [0, 0.05) is 31.9 Å². The van der Waals surface area contributed by atoms with Crippen LogP contribution >= 0.6 is 11.8 Å². The number of rotatable bonds is 9. The minimum absolute atomic E-state index is 0.0442. The summed E-state index contributed by atoms with van der Waals surface area (Å²) < 4.78 is 11.6. The van der Waals surface area contributed by atoms with E-state index in [0.717, 1.165) is 31.4 Å². The zero-order valence-corrected chi connectivity index (χ0v) is 19.9. The highest BCUT2D eigenvalue weighted by molar-refractivity contribution is 7.99. The van der Waals surface area contributed by atoms with Crippen LogP contribution in [0.4, 0.5) is 0 Å². The average molecular weight is 459 g/mol. The van der Waals surface area contributed by atoms with Crippen molar-refractivity contribution in [3.63, 3.8) is 0 Å². The van der Waals surface area contributed by atoms with Crippen molar-refractivity contribution in [2.75, 3.05) is 31.4 Å². The Morgan fingerprint density at radius 2 is 1.94 bits per heavy atom. The Morgan fingerprint density at radius 1 is 1.16 bits per heavy atom.